The van der Waals surface area contributed by atoms with Gasteiger partial charge in [0.25, 0.3) is 0 Å². The van der Waals surface area contributed by atoms with E-state index in [1.165, 1.54) is 23.6 Å². The lowest BCUT2D eigenvalue weighted by atomic mass is 10.1. The molecule has 1 atom stereocenters. The van der Waals surface area contributed by atoms with Gasteiger partial charge in [-0.2, -0.15) is 11.8 Å². The molecule has 2 rings (SSSR count). The summed E-state index contributed by atoms with van der Waals surface area (Å²) in [6.07, 6.45) is 1.28. The molecule has 0 spiro atoms. The van der Waals surface area contributed by atoms with Crippen molar-refractivity contribution in [3.8, 4) is 0 Å². The van der Waals surface area contributed by atoms with Crippen LogP contribution in [0, 0.1) is 0 Å². The van der Waals surface area contributed by atoms with Gasteiger partial charge < -0.3 is 10.6 Å². The summed E-state index contributed by atoms with van der Waals surface area (Å²) in [5.41, 5.74) is 7.76. The zero-order chi connectivity index (χ0) is 11.5. The minimum atomic E-state index is 0.464. The number of thioether (sulfide) groups is 1. The molecule has 0 radical (unpaired) electrons. The Morgan fingerprint density at radius 3 is 2.62 bits per heavy atom. The summed E-state index contributed by atoms with van der Waals surface area (Å²) in [6.45, 7) is 0. The van der Waals surface area contributed by atoms with Crippen molar-refractivity contribution >= 4 is 34.7 Å². The third kappa shape index (κ3) is 2.50. The molecule has 2 nitrogen and oxygen atoms in total. The van der Waals surface area contributed by atoms with E-state index in [1.54, 1.807) is 0 Å². The Morgan fingerprint density at radius 2 is 2.12 bits per heavy atom. The van der Waals surface area contributed by atoms with E-state index in [0.717, 1.165) is 5.56 Å². The lowest BCUT2D eigenvalue weighted by Crippen LogP contribution is -2.31. The monoisotopic (exact) mass is 252 g/mol. The second-order valence-corrected chi connectivity index (χ2v) is 5.63. The largest absolute Gasteiger partial charge is 0.389 e. The SMILES string of the molecule is CN(c1ccc(C(N)=S)cc1)C1CCSC1. The van der Waals surface area contributed by atoms with Gasteiger partial charge in [-0.3, -0.25) is 0 Å². The molecule has 0 aromatic heterocycles. The Bertz CT molecular complexity index is 369. The van der Waals surface area contributed by atoms with Gasteiger partial charge in [0.2, 0.25) is 0 Å². The number of benzene rings is 1. The molecule has 2 N–H and O–H groups in total. The lowest BCUT2D eigenvalue weighted by molar-refractivity contribution is 0.700. The average molecular weight is 252 g/mol. The van der Waals surface area contributed by atoms with Gasteiger partial charge in [-0.15, -0.1) is 0 Å². The molecule has 0 bridgehead atoms. The molecule has 1 heterocycles. The van der Waals surface area contributed by atoms with Crippen LogP contribution >= 0.6 is 24.0 Å². The first-order valence-electron chi connectivity index (χ1n) is 5.39. The fraction of sp³-hybridized carbons (Fsp3) is 0.417. The summed E-state index contributed by atoms with van der Waals surface area (Å²) in [6, 6.07) is 8.85. The zero-order valence-corrected chi connectivity index (χ0v) is 11.0. The first-order valence-corrected chi connectivity index (χ1v) is 6.95. The Kier molecular flexibility index (Phi) is 3.71. The fourth-order valence-electron chi connectivity index (χ4n) is 1.90. The summed E-state index contributed by atoms with van der Waals surface area (Å²) < 4.78 is 0. The van der Waals surface area contributed by atoms with Crippen LogP contribution in [0.15, 0.2) is 24.3 Å². The maximum absolute atomic E-state index is 5.58. The van der Waals surface area contributed by atoms with E-state index in [-0.39, 0.29) is 0 Å². The molecule has 16 heavy (non-hydrogen) atoms. The summed E-state index contributed by atoms with van der Waals surface area (Å²) in [7, 11) is 2.16. The Morgan fingerprint density at radius 1 is 1.44 bits per heavy atom. The molecule has 1 aromatic rings. The van der Waals surface area contributed by atoms with Crippen molar-refractivity contribution in [3.63, 3.8) is 0 Å². The van der Waals surface area contributed by atoms with E-state index < -0.39 is 0 Å². The van der Waals surface area contributed by atoms with E-state index in [2.05, 4.69) is 24.1 Å². The van der Waals surface area contributed by atoms with E-state index in [1.807, 2.05) is 23.9 Å². The standard InChI is InChI=1S/C12H16N2S2/c1-14(11-6-7-16-8-11)10-4-2-9(3-5-10)12(13)15/h2-5,11H,6-8H2,1H3,(H2,13,15). The Hall–Kier alpha value is -0.740. The number of nitrogens with two attached hydrogens (primary N) is 1. The van der Waals surface area contributed by atoms with Crippen molar-refractivity contribution < 1.29 is 0 Å². The van der Waals surface area contributed by atoms with Crippen LogP contribution in [0.2, 0.25) is 0 Å². The van der Waals surface area contributed by atoms with Gasteiger partial charge in [-0.1, -0.05) is 12.2 Å². The van der Waals surface area contributed by atoms with E-state index in [4.69, 9.17) is 18.0 Å². The van der Waals surface area contributed by atoms with Crippen LogP contribution in [0.3, 0.4) is 0 Å². The maximum Gasteiger partial charge on any atom is 0.103 e. The number of anilines is 1. The number of hydrogen-bond donors (Lipinski definition) is 1. The highest BCUT2D eigenvalue weighted by atomic mass is 32.2. The normalized spacial score (nSPS) is 19.7. The minimum Gasteiger partial charge on any atom is -0.389 e. The predicted octanol–water partition coefficient (Wildman–Crippen LogP) is 2.26. The fourth-order valence-corrected chi connectivity index (χ4v) is 3.30. The molecule has 0 amide bonds. The molecule has 1 saturated heterocycles. The van der Waals surface area contributed by atoms with Crippen LogP contribution in [0.1, 0.15) is 12.0 Å². The van der Waals surface area contributed by atoms with Crippen LogP contribution < -0.4 is 10.6 Å². The van der Waals surface area contributed by atoms with Gasteiger partial charge in [-0.05, 0) is 36.4 Å². The maximum atomic E-state index is 5.58. The van der Waals surface area contributed by atoms with Gasteiger partial charge in [0.05, 0.1) is 0 Å². The Balaban J connectivity index is 2.11. The summed E-state index contributed by atoms with van der Waals surface area (Å²) >= 11 is 6.97. The zero-order valence-electron chi connectivity index (χ0n) is 9.35. The molecule has 0 saturated carbocycles. The van der Waals surface area contributed by atoms with Crippen LogP contribution in [0.25, 0.3) is 0 Å². The van der Waals surface area contributed by atoms with E-state index in [0.29, 0.717) is 11.0 Å². The predicted molar refractivity (Wildman–Crippen MR) is 76.5 cm³/mol. The highest BCUT2D eigenvalue weighted by Gasteiger charge is 2.20. The van der Waals surface area contributed by atoms with Gasteiger partial charge in [0.1, 0.15) is 4.99 Å². The highest BCUT2D eigenvalue weighted by molar-refractivity contribution is 7.99. The van der Waals surface area contributed by atoms with Crippen LogP contribution in [0.5, 0.6) is 0 Å². The van der Waals surface area contributed by atoms with Crippen LogP contribution in [-0.4, -0.2) is 29.6 Å². The van der Waals surface area contributed by atoms with Crippen LogP contribution in [0.4, 0.5) is 5.69 Å². The van der Waals surface area contributed by atoms with Gasteiger partial charge in [0, 0.05) is 30.1 Å². The molecular weight excluding hydrogens is 236 g/mol. The molecule has 4 heteroatoms. The minimum absolute atomic E-state index is 0.464. The van der Waals surface area contributed by atoms with Crippen LogP contribution in [-0.2, 0) is 0 Å². The van der Waals surface area contributed by atoms with E-state index >= 15 is 0 Å². The third-order valence-electron chi connectivity index (χ3n) is 3.01. The average Bonchev–Trinajstić information content (AvgIpc) is 2.81. The second kappa shape index (κ2) is 5.06. The van der Waals surface area contributed by atoms with Crippen molar-refractivity contribution in [3.05, 3.63) is 29.8 Å². The molecule has 86 valence electrons. The number of rotatable bonds is 3. The van der Waals surface area contributed by atoms with Crippen molar-refractivity contribution in [2.45, 2.75) is 12.5 Å². The number of thiocarbonyl (C=S) groups is 1. The summed E-state index contributed by atoms with van der Waals surface area (Å²) in [5.74, 6) is 2.51. The second-order valence-electron chi connectivity index (χ2n) is 4.04. The van der Waals surface area contributed by atoms with E-state index in [9.17, 15) is 0 Å². The lowest BCUT2D eigenvalue weighted by Gasteiger charge is -2.26. The first kappa shape index (κ1) is 11.7. The van der Waals surface area contributed by atoms with Crippen molar-refractivity contribution in [1.29, 1.82) is 0 Å². The number of nitrogens with zero attached hydrogens (tertiary/aromatic N) is 1. The molecule has 0 aliphatic carbocycles. The highest BCUT2D eigenvalue weighted by Crippen LogP contribution is 2.25. The first-order chi connectivity index (χ1) is 7.68. The summed E-state index contributed by atoms with van der Waals surface area (Å²) in [4.78, 5) is 2.81. The molecule has 1 fully saturated rings. The Labute approximate surface area is 106 Å². The van der Waals surface area contributed by atoms with Gasteiger partial charge in [-0.25, -0.2) is 0 Å². The van der Waals surface area contributed by atoms with Crippen molar-refractivity contribution in [2.75, 3.05) is 23.5 Å². The quantitative estimate of drug-likeness (QED) is 0.836. The smallest absolute Gasteiger partial charge is 0.103 e. The molecule has 1 aliphatic heterocycles. The van der Waals surface area contributed by atoms with Crippen molar-refractivity contribution in [2.24, 2.45) is 5.73 Å². The van der Waals surface area contributed by atoms with Crippen molar-refractivity contribution in [1.82, 2.24) is 0 Å². The molecule has 1 aliphatic rings. The molecule has 1 unspecified atom stereocenters. The number of hydrogen-bond acceptors (Lipinski definition) is 3. The van der Waals surface area contributed by atoms with Gasteiger partial charge >= 0.3 is 0 Å². The molecular formula is C12H16N2S2. The topological polar surface area (TPSA) is 29.3 Å². The van der Waals surface area contributed by atoms with Gasteiger partial charge in [0.15, 0.2) is 0 Å². The molecule has 1 aromatic carbocycles. The third-order valence-corrected chi connectivity index (χ3v) is 4.39. The summed E-state index contributed by atoms with van der Waals surface area (Å²) in [5, 5.41) is 0.